The summed E-state index contributed by atoms with van der Waals surface area (Å²) < 4.78 is 1.75. The van der Waals surface area contributed by atoms with E-state index in [0.29, 0.717) is 13.1 Å². The smallest absolute Gasteiger partial charge is 0.254 e. The molecule has 7 heteroatoms. The number of piperazine rings is 1. The summed E-state index contributed by atoms with van der Waals surface area (Å²) >= 11 is 0. The highest BCUT2D eigenvalue weighted by Crippen LogP contribution is 2.19. The second-order valence-corrected chi connectivity index (χ2v) is 7.23. The van der Waals surface area contributed by atoms with E-state index in [-0.39, 0.29) is 5.91 Å². The highest BCUT2D eigenvalue weighted by atomic mass is 16.2. The summed E-state index contributed by atoms with van der Waals surface area (Å²) in [6, 6.07) is 9.91. The van der Waals surface area contributed by atoms with Crippen LogP contribution in [0.2, 0.25) is 0 Å². The van der Waals surface area contributed by atoms with E-state index in [1.54, 1.807) is 11.0 Å². The van der Waals surface area contributed by atoms with Crippen molar-refractivity contribution in [2.24, 2.45) is 0 Å². The molecule has 3 heterocycles. The van der Waals surface area contributed by atoms with E-state index >= 15 is 0 Å². The van der Waals surface area contributed by atoms with Crippen LogP contribution in [0.25, 0.3) is 5.82 Å². The van der Waals surface area contributed by atoms with Gasteiger partial charge in [-0.1, -0.05) is 17.7 Å². The molecule has 0 aliphatic carbocycles. The first kappa shape index (κ1) is 18.2. The van der Waals surface area contributed by atoms with Crippen molar-refractivity contribution in [2.45, 2.75) is 20.8 Å². The van der Waals surface area contributed by atoms with Crippen LogP contribution in [0.4, 0.5) is 5.82 Å². The number of anilines is 1. The molecule has 4 rings (SSSR count). The summed E-state index contributed by atoms with van der Waals surface area (Å²) in [5.74, 6) is 1.71. The molecule has 1 aromatic carbocycles. The number of hydrogen-bond acceptors (Lipinski definition) is 5. The van der Waals surface area contributed by atoms with Crippen LogP contribution in [0.15, 0.2) is 42.9 Å². The van der Waals surface area contributed by atoms with E-state index in [9.17, 15) is 4.79 Å². The molecule has 28 heavy (non-hydrogen) atoms. The van der Waals surface area contributed by atoms with Crippen LogP contribution in [0, 0.1) is 20.8 Å². The Kier molecular flexibility index (Phi) is 4.81. The zero-order chi connectivity index (χ0) is 19.7. The van der Waals surface area contributed by atoms with Crippen LogP contribution in [0.1, 0.15) is 27.2 Å². The Hall–Kier alpha value is -3.22. The lowest BCUT2D eigenvalue weighted by Crippen LogP contribution is -2.49. The minimum atomic E-state index is 0.108. The summed E-state index contributed by atoms with van der Waals surface area (Å²) in [5, 5.41) is 4.41. The molecule has 1 aliphatic rings. The van der Waals surface area contributed by atoms with Gasteiger partial charge in [-0.25, -0.2) is 14.6 Å². The summed E-state index contributed by atoms with van der Waals surface area (Å²) in [7, 11) is 0. The minimum Gasteiger partial charge on any atom is -0.353 e. The van der Waals surface area contributed by atoms with E-state index in [0.717, 1.165) is 47.1 Å². The van der Waals surface area contributed by atoms with Crippen molar-refractivity contribution in [3.05, 3.63) is 65.2 Å². The van der Waals surface area contributed by atoms with Gasteiger partial charge in [-0.05, 0) is 38.5 Å². The fourth-order valence-corrected chi connectivity index (χ4v) is 3.45. The molecule has 3 aromatic rings. The van der Waals surface area contributed by atoms with Gasteiger partial charge in [0.1, 0.15) is 12.1 Å². The fourth-order valence-electron chi connectivity index (χ4n) is 3.45. The SMILES string of the molecule is Cc1ccc(C)c(C(=O)N2CCN(c3cc(-n4ccc(C)n4)ncn3)CC2)c1. The molecular formula is C21H24N6O. The van der Waals surface area contributed by atoms with Gasteiger partial charge in [0, 0.05) is 44.0 Å². The van der Waals surface area contributed by atoms with Gasteiger partial charge in [0.05, 0.1) is 5.69 Å². The molecule has 0 N–H and O–H groups in total. The van der Waals surface area contributed by atoms with Gasteiger partial charge in [0.2, 0.25) is 0 Å². The Bertz CT molecular complexity index is 1000. The summed E-state index contributed by atoms with van der Waals surface area (Å²) in [6.45, 7) is 8.78. The van der Waals surface area contributed by atoms with Crippen LogP contribution in [-0.4, -0.2) is 56.7 Å². The third-order valence-corrected chi connectivity index (χ3v) is 5.11. The summed E-state index contributed by atoms with van der Waals surface area (Å²) in [4.78, 5) is 25.8. The average molecular weight is 376 g/mol. The molecule has 0 unspecified atom stereocenters. The molecule has 0 spiro atoms. The highest BCUT2D eigenvalue weighted by molar-refractivity contribution is 5.96. The second kappa shape index (κ2) is 7.42. The zero-order valence-electron chi connectivity index (χ0n) is 16.5. The van der Waals surface area contributed by atoms with Gasteiger partial charge in [0.25, 0.3) is 5.91 Å². The van der Waals surface area contributed by atoms with Gasteiger partial charge >= 0.3 is 0 Å². The van der Waals surface area contributed by atoms with E-state index in [4.69, 9.17) is 0 Å². The fraction of sp³-hybridized carbons (Fsp3) is 0.333. The number of benzene rings is 1. The Morgan fingerprint density at radius 3 is 2.39 bits per heavy atom. The van der Waals surface area contributed by atoms with E-state index < -0.39 is 0 Å². The van der Waals surface area contributed by atoms with E-state index in [1.807, 2.05) is 62.2 Å². The predicted octanol–water partition coefficient (Wildman–Crippen LogP) is 2.55. The van der Waals surface area contributed by atoms with Gasteiger partial charge in [-0.3, -0.25) is 4.79 Å². The van der Waals surface area contributed by atoms with Crippen LogP contribution >= 0.6 is 0 Å². The van der Waals surface area contributed by atoms with Crippen molar-refractivity contribution in [3.63, 3.8) is 0 Å². The normalized spacial score (nSPS) is 14.4. The molecule has 144 valence electrons. The van der Waals surface area contributed by atoms with Gasteiger partial charge in [0.15, 0.2) is 5.82 Å². The molecule has 0 bridgehead atoms. The molecule has 0 saturated carbocycles. The lowest BCUT2D eigenvalue weighted by molar-refractivity contribution is 0.0745. The maximum absolute atomic E-state index is 12.9. The minimum absolute atomic E-state index is 0.108. The maximum atomic E-state index is 12.9. The molecule has 1 amide bonds. The third-order valence-electron chi connectivity index (χ3n) is 5.11. The Labute approximate surface area is 164 Å². The number of carbonyl (C=O) groups excluding carboxylic acids is 1. The standard InChI is InChI=1S/C21H24N6O/c1-15-4-5-16(2)18(12-15)21(28)26-10-8-25(9-11-26)19-13-20(23-14-22-19)27-7-6-17(3)24-27/h4-7,12-14H,8-11H2,1-3H3. The number of nitrogens with zero attached hydrogens (tertiary/aromatic N) is 6. The number of aromatic nitrogens is 4. The first-order chi connectivity index (χ1) is 13.5. The first-order valence-electron chi connectivity index (χ1n) is 9.47. The molecule has 1 fully saturated rings. The van der Waals surface area contributed by atoms with Crippen molar-refractivity contribution in [2.75, 3.05) is 31.1 Å². The van der Waals surface area contributed by atoms with Crippen molar-refractivity contribution in [1.29, 1.82) is 0 Å². The number of rotatable bonds is 3. The lowest BCUT2D eigenvalue weighted by Gasteiger charge is -2.35. The molecule has 2 aromatic heterocycles. The van der Waals surface area contributed by atoms with Crippen LogP contribution < -0.4 is 4.90 Å². The topological polar surface area (TPSA) is 67.2 Å². The van der Waals surface area contributed by atoms with Crippen molar-refractivity contribution >= 4 is 11.7 Å². The van der Waals surface area contributed by atoms with Crippen LogP contribution in [0.3, 0.4) is 0 Å². The van der Waals surface area contributed by atoms with E-state index in [2.05, 4.69) is 20.0 Å². The van der Waals surface area contributed by atoms with Crippen LogP contribution in [-0.2, 0) is 0 Å². The number of hydrogen-bond donors (Lipinski definition) is 0. The molecule has 0 atom stereocenters. The molecule has 7 nitrogen and oxygen atoms in total. The first-order valence-corrected chi connectivity index (χ1v) is 9.47. The average Bonchev–Trinajstić information content (AvgIpc) is 3.16. The Morgan fingerprint density at radius 2 is 1.68 bits per heavy atom. The Balaban J connectivity index is 1.46. The molecule has 0 radical (unpaired) electrons. The van der Waals surface area contributed by atoms with E-state index in [1.165, 1.54) is 0 Å². The quantitative estimate of drug-likeness (QED) is 0.703. The van der Waals surface area contributed by atoms with Crippen molar-refractivity contribution in [1.82, 2.24) is 24.6 Å². The van der Waals surface area contributed by atoms with Crippen molar-refractivity contribution in [3.8, 4) is 5.82 Å². The number of amides is 1. The number of aryl methyl sites for hydroxylation is 3. The monoisotopic (exact) mass is 376 g/mol. The van der Waals surface area contributed by atoms with Gasteiger partial charge < -0.3 is 9.80 Å². The molecular weight excluding hydrogens is 352 g/mol. The molecule has 1 saturated heterocycles. The van der Waals surface area contributed by atoms with Gasteiger partial charge in [-0.2, -0.15) is 5.10 Å². The predicted molar refractivity (Wildman–Crippen MR) is 108 cm³/mol. The second-order valence-electron chi connectivity index (χ2n) is 7.23. The largest absolute Gasteiger partial charge is 0.353 e. The summed E-state index contributed by atoms with van der Waals surface area (Å²) in [6.07, 6.45) is 3.46. The third kappa shape index (κ3) is 3.60. The lowest BCUT2D eigenvalue weighted by atomic mass is 10.0. The van der Waals surface area contributed by atoms with Crippen molar-refractivity contribution < 1.29 is 4.79 Å². The maximum Gasteiger partial charge on any atom is 0.254 e. The zero-order valence-corrected chi connectivity index (χ0v) is 16.5. The highest BCUT2D eigenvalue weighted by Gasteiger charge is 2.24. The van der Waals surface area contributed by atoms with Gasteiger partial charge in [-0.15, -0.1) is 0 Å². The van der Waals surface area contributed by atoms with Crippen LogP contribution in [0.5, 0.6) is 0 Å². The number of carbonyl (C=O) groups is 1. The Morgan fingerprint density at radius 1 is 0.929 bits per heavy atom. The summed E-state index contributed by atoms with van der Waals surface area (Å²) in [5.41, 5.74) is 3.87. The molecule has 1 aliphatic heterocycles.